The Labute approximate surface area is 153 Å². The average Bonchev–Trinajstić information content (AvgIpc) is 2.98. The molecule has 2 aliphatic rings. The van der Waals surface area contributed by atoms with Gasteiger partial charge in [-0.3, -0.25) is 9.69 Å². The van der Waals surface area contributed by atoms with Gasteiger partial charge in [-0.2, -0.15) is 0 Å². The van der Waals surface area contributed by atoms with Crippen molar-refractivity contribution in [2.45, 2.75) is 38.5 Å². The summed E-state index contributed by atoms with van der Waals surface area (Å²) in [7, 11) is 0. The van der Waals surface area contributed by atoms with E-state index in [4.69, 9.17) is 10.1 Å². The Bertz CT molecular complexity index is 689. The van der Waals surface area contributed by atoms with E-state index in [0.717, 1.165) is 43.7 Å². The predicted molar refractivity (Wildman–Crippen MR) is 99.1 cm³/mol. The molecule has 7 nitrogen and oxygen atoms in total. The highest BCUT2D eigenvalue weighted by Crippen LogP contribution is 2.20. The Morgan fingerprint density at radius 1 is 1.35 bits per heavy atom. The van der Waals surface area contributed by atoms with Crippen LogP contribution in [0.5, 0.6) is 0 Å². The molecule has 2 aliphatic heterocycles. The lowest BCUT2D eigenvalue weighted by atomic mass is 10.1. The van der Waals surface area contributed by atoms with Crippen molar-refractivity contribution in [2.75, 3.05) is 31.5 Å². The summed E-state index contributed by atoms with van der Waals surface area (Å²) in [5.74, 6) is 0.193. The topological polar surface area (TPSA) is 85.8 Å². The molecule has 0 bridgehead atoms. The number of carboxylic acids is 1. The van der Waals surface area contributed by atoms with Crippen molar-refractivity contribution in [1.29, 1.82) is 0 Å². The van der Waals surface area contributed by atoms with Gasteiger partial charge >= 0.3 is 12.0 Å². The van der Waals surface area contributed by atoms with Gasteiger partial charge in [0.2, 0.25) is 0 Å². The fourth-order valence-electron chi connectivity index (χ4n) is 3.31. The van der Waals surface area contributed by atoms with Crippen LogP contribution in [0.2, 0.25) is 0 Å². The number of urea groups is 1. The summed E-state index contributed by atoms with van der Waals surface area (Å²) in [6, 6.07) is 4.25. The van der Waals surface area contributed by atoms with Crippen LogP contribution in [0.4, 0.5) is 10.6 Å². The van der Waals surface area contributed by atoms with Crippen LogP contribution in [-0.2, 0) is 17.6 Å². The number of pyridine rings is 1. The normalized spacial score (nSPS) is 16.8. The second kappa shape index (κ2) is 8.69. The van der Waals surface area contributed by atoms with Gasteiger partial charge in [-0.25, -0.2) is 9.78 Å². The van der Waals surface area contributed by atoms with Crippen LogP contribution < -0.4 is 5.32 Å². The third-order valence-electron chi connectivity index (χ3n) is 4.75. The molecule has 0 radical (unpaired) electrons. The van der Waals surface area contributed by atoms with E-state index in [1.807, 2.05) is 4.90 Å². The molecule has 0 aromatic carbocycles. The molecular formula is C19H26N4O3. The maximum Gasteiger partial charge on any atom is 0.324 e. The fourth-order valence-corrected chi connectivity index (χ4v) is 3.31. The number of hydrogen-bond acceptors (Lipinski definition) is 4. The molecule has 7 heteroatoms. The maximum absolute atomic E-state index is 12.3. The van der Waals surface area contributed by atoms with Gasteiger partial charge in [0.1, 0.15) is 5.82 Å². The number of fused-ring (bicyclic) bond motifs is 1. The van der Waals surface area contributed by atoms with Gasteiger partial charge in [-0.1, -0.05) is 12.1 Å². The Morgan fingerprint density at radius 3 is 3.08 bits per heavy atom. The standard InChI is InChI=1S/C19H26N4O3/c24-17(25)7-1-2-11-22-13-14-23(19(22)26)12-4-6-16-9-8-15-5-3-10-20-18(15)21-16/h2,8-9,11H,1,3-7,10,12-14H2,(H,20,21)(H,24,25). The maximum atomic E-state index is 12.3. The fraction of sp³-hybridized carbons (Fsp3) is 0.526. The van der Waals surface area contributed by atoms with E-state index in [1.165, 1.54) is 5.56 Å². The van der Waals surface area contributed by atoms with Gasteiger partial charge in [-0.15, -0.1) is 0 Å². The minimum Gasteiger partial charge on any atom is -0.481 e. The van der Waals surface area contributed by atoms with E-state index < -0.39 is 5.97 Å². The molecule has 1 aromatic heterocycles. The number of anilines is 1. The summed E-state index contributed by atoms with van der Waals surface area (Å²) in [5.41, 5.74) is 2.36. The lowest BCUT2D eigenvalue weighted by Gasteiger charge is -2.18. The van der Waals surface area contributed by atoms with Crippen molar-refractivity contribution in [3.63, 3.8) is 0 Å². The quantitative estimate of drug-likeness (QED) is 0.746. The third kappa shape index (κ3) is 4.74. The van der Waals surface area contributed by atoms with Crippen molar-refractivity contribution >= 4 is 17.8 Å². The Hall–Kier alpha value is -2.57. The van der Waals surface area contributed by atoms with E-state index in [2.05, 4.69) is 17.4 Å². The SMILES string of the molecule is O=C(O)CCC=CN1CCN(CCCc2ccc3c(n2)NCCC3)C1=O. The Kier molecular flexibility index (Phi) is 6.09. The molecule has 140 valence electrons. The van der Waals surface area contributed by atoms with Crippen LogP contribution in [0.25, 0.3) is 0 Å². The lowest BCUT2D eigenvalue weighted by molar-refractivity contribution is -0.136. The van der Waals surface area contributed by atoms with E-state index in [9.17, 15) is 9.59 Å². The summed E-state index contributed by atoms with van der Waals surface area (Å²) >= 11 is 0. The number of nitrogens with zero attached hydrogens (tertiary/aromatic N) is 3. The Balaban J connectivity index is 1.42. The number of rotatable bonds is 8. The number of nitrogens with one attached hydrogen (secondary N) is 1. The first-order valence-corrected chi connectivity index (χ1v) is 9.30. The molecule has 0 spiro atoms. The van der Waals surface area contributed by atoms with Crippen LogP contribution in [0.15, 0.2) is 24.4 Å². The Morgan fingerprint density at radius 2 is 2.23 bits per heavy atom. The van der Waals surface area contributed by atoms with E-state index in [-0.39, 0.29) is 12.5 Å². The number of carbonyl (C=O) groups excluding carboxylic acids is 1. The molecule has 26 heavy (non-hydrogen) atoms. The minimum atomic E-state index is -0.824. The molecule has 1 saturated heterocycles. The van der Waals surface area contributed by atoms with Gasteiger partial charge < -0.3 is 15.3 Å². The van der Waals surface area contributed by atoms with E-state index in [0.29, 0.717) is 26.1 Å². The van der Waals surface area contributed by atoms with Gasteiger partial charge in [0.05, 0.1) is 0 Å². The van der Waals surface area contributed by atoms with Crippen molar-refractivity contribution in [3.8, 4) is 0 Å². The zero-order chi connectivity index (χ0) is 18.4. The first-order chi connectivity index (χ1) is 12.6. The summed E-state index contributed by atoms with van der Waals surface area (Å²) in [6.07, 6.45) is 7.98. The largest absolute Gasteiger partial charge is 0.481 e. The number of aromatic nitrogens is 1. The van der Waals surface area contributed by atoms with Crippen molar-refractivity contribution in [2.24, 2.45) is 0 Å². The zero-order valence-corrected chi connectivity index (χ0v) is 15.0. The van der Waals surface area contributed by atoms with Crippen LogP contribution in [0, 0.1) is 0 Å². The van der Waals surface area contributed by atoms with Gasteiger partial charge in [0.15, 0.2) is 0 Å². The van der Waals surface area contributed by atoms with Crippen molar-refractivity contribution in [3.05, 3.63) is 35.7 Å². The highest BCUT2D eigenvalue weighted by molar-refractivity contribution is 5.77. The molecule has 2 amide bonds. The second-order valence-corrected chi connectivity index (χ2v) is 6.72. The molecule has 3 heterocycles. The molecule has 0 aliphatic carbocycles. The van der Waals surface area contributed by atoms with Gasteiger partial charge in [0, 0.05) is 44.5 Å². The van der Waals surface area contributed by atoms with Gasteiger partial charge in [0.25, 0.3) is 0 Å². The van der Waals surface area contributed by atoms with Crippen LogP contribution >= 0.6 is 0 Å². The number of carbonyl (C=O) groups is 2. The predicted octanol–water partition coefficient (Wildman–Crippen LogP) is 2.49. The van der Waals surface area contributed by atoms with Crippen LogP contribution in [0.3, 0.4) is 0 Å². The van der Waals surface area contributed by atoms with E-state index in [1.54, 1.807) is 17.2 Å². The zero-order valence-electron chi connectivity index (χ0n) is 15.0. The summed E-state index contributed by atoms with van der Waals surface area (Å²) < 4.78 is 0. The molecule has 0 unspecified atom stereocenters. The highest BCUT2D eigenvalue weighted by Gasteiger charge is 2.26. The number of hydrogen-bond donors (Lipinski definition) is 2. The molecule has 0 saturated carbocycles. The molecule has 3 rings (SSSR count). The molecule has 1 fully saturated rings. The summed E-state index contributed by atoms with van der Waals surface area (Å²) in [6.45, 7) is 3.07. The number of aliphatic carboxylic acids is 1. The smallest absolute Gasteiger partial charge is 0.324 e. The molecule has 2 N–H and O–H groups in total. The van der Waals surface area contributed by atoms with Crippen LogP contribution in [-0.4, -0.2) is 58.1 Å². The third-order valence-corrected chi connectivity index (χ3v) is 4.75. The molecule has 0 atom stereocenters. The van der Waals surface area contributed by atoms with Crippen molar-refractivity contribution < 1.29 is 14.7 Å². The highest BCUT2D eigenvalue weighted by atomic mass is 16.4. The first-order valence-electron chi connectivity index (χ1n) is 9.30. The number of allylic oxidation sites excluding steroid dienone is 1. The average molecular weight is 358 g/mol. The van der Waals surface area contributed by atoms with E-state index >= 15 is 0 Å². The number of aryl methyl sites for hydroxylation is 2. The summed E-state index contributed by atoms with van der Waals surface area (Å²) in [5, 5.41) is 12.0. The summed E-state index contributed by atoms with van der Waals surface area (Å²) in [4.78, 5) is 31.0. The van der Waals surface area contributed by atoms with Gasteiger partial charge in [-0.05, 0) is 43.7 Å². The minimum absolute atomic E-state index is 0.00311. The number of carboxylic acid groups (broad SMARTS) is 1. The van der Waals surface area contributed by atoms with Crippen LogP contribution in [0.1, 0.15) is 36.9 Å². The number of amides is 2. The first kappa shape index (κ1) is 18.2. The lowest BCUT2D eigenvalue weighted by Crippen LogP contribution is -2.30. The molecule has 1 aromatic rings. The molecular weight excluding hydrogens is 332 g/mol. The second-order valence-electron chi connectivity index (χ2n) is 6.72. The monoisotopic (exact) mass is 358 g/mol. The van der Waals surface area contributed by atoms with Crippen molar-refractivity contribution in [1.82, 2.24) is 14.8 Å².